The summed E-state index contributed by atoms with van der Waals surface area (Å²) < 4.78 is 2.30. The Hall–Kier alpha value is -0.370. The van der Waals surface area contributed by atoms with E-state index in [0.29, 0.717) is 0 Å². The van der Waals surface area contributed by atoms with Gasteiger partial charge in [0, 0.05) is 18.1 Å². The average molecular weight is 272 g/mol. The molecule has 0 fully saturated rings. The van der Waals surface area contributed by atoms with E-state index in [1.54, 1.807) is 0 Å². The van der Waals surface area contributed by atoms with Crippen LogP contribution in [0.1, 0.15) is 39.5 Å². The minimum Gasteiger partial charge on any atom is -1.00 e. The van der Waals surface area contributed by atoms with E-state index >= 15 is 0 Å². The fourth-order valence-corrected chi connectivity index (χ4v) is 1.77. The van der Waals surface area contributed by atoms with Gasteiger partial charge in [0.25, 0.3) is 0 Å². The Kier molecular flexibility index (Phi) is 8.68. The van der Waals surface area contributed by atoms with Gasteiger partial charge in [0.05, 0.1) is 0 Å². The van der Waals surface area contributed by atoms with Crippen molar-refractivity contribution in [2.75, 3.05) is 0 Å². The largest absolute Gasteiger partial charge is 1.00 e. The molecule has 0 amide bonds. The van der Waals surface area contributed by atoms with E-state index in [1.165, 1.54) is 32.2 Å². The minimum absolute atomic E-state index is 0. The molecule has 1 atom stereocenters. The number of nitrogens with zero attached hydrogens (tertiary/aromatic N) is 1. The Balaban J connectivity index is 0.00000196. The molecule has 1 aromatic rings. The van der Waals surface area contributed by atoms with Crippen molar-refractivity contribution in [3.63, 3.8) is 0 Å². The van der Waals surface area contributed by atoms with Gasteiger partial charge in [-0.05, 0) is 12.8 Å². The summed E-state index contributed by atoms with van der Waals surface area (Å²) in [4.78, 5) is 0. The van der Waals surface area contributed by atoms with Gasteiger partial charge in [0.2, 0.25) is 0 Å². The van der Waals surface area contributed by atoms with Crippen LogP contribution in [0, 0.1) is 5.92 Å². The topological polar surface area (TPSA) is 3.88 Å². The lowest BCUT2D eigenvalue weighted by Crippen LogP contribution is -3.00. The second-order valence-electron chi connectivity index (χ2n) is 3.99. The van der Waals surface area contributed by atoms with Crippen molar-refractivity contribution >= 4 is 0 Å². The summed E-state index contributed by atoms with van der Waals surface area (Å²) >= 11 is 0. The number of rotatable bonds is 6. The molecule has 0 aliphatic heterocycles. The van der Waals surface area contributed by atoms with Crippen molar-refractivity contribution < 1.29 is 21.5 Å². The second-order valence-corrected chi connectivity index (χ2v) is 3.99. The first-order valence-electron chi connectivity index (χ1n) is 5.80. The molecule has 0 aliphatic rings. The van der Waals surface area contributed by atoms with E-state index in [-0.39, 0.29) is 17.0 Å². The summed E-state index contributed by atoms with van der Waals surface area (Å²) in [6.07, 6.45) is 9.67. The Bertz CT molecular complexity index is 236. The van der Waals surface area contributed by atoms with Crippen molar-refractivity contribution in [3.05, 3.63) is 30.6 Å². The number of hydrogen-bond acceptors (Lipinski definition) is 0. The van der Waals surface area contributed by atoms with E-state index in [0.717, 1.165) is 5.92 Å². The van der Waals surface area contributed by atoms with Crippen LogP contribution in [0.15, 0.2) is 30.6 Å². The fourth-order valence-electron chi connectivity index (χ4n) is 1.77. The third-order valence-corrected chi connectivity index (χ3v) is 2.79. The van der Waals surface area contributed by atoms with Crippen molar-refractivity contribution in [1.29, 1.82) is 0 Å². The molecule has 1 nitrogen and oxygen atoms in total. The van der Waals surface area contributed by atoms with Gasteiger partial charge in [-0.3, -0.25) is 0 Å². The van der Waals surface area contributed by atoms with Crippen LogP contribution in [0.5, 0.6) is 0 Å². The first kappa shape index (κ1) is 14.6. The molecular weight excluding hydrogens is 250 g/mol. The maximum absolute atomic E-state index is 2.30. The fraction of sp³-hybridized carbons (Fsp3) is 0.615. The van der Waals surface area contributed by atoms with Gasteiger partial charge in [-0.2, -0.15) is 0 Å². The zero-order valence-corrected chi connectivity index (χ0v) is 11.4. The molecule has 86 valence electrons. The zero-order valence-electron chi connectivity index (χ0n) is 9.82. The summed E-state index contributed by atoms with van der Waals surface area (Å²) in [6.45, 7) is 5.74. The Morgan fingerprint density at radius 3 is 2.27 bits per heavy atom. The monoisotopic (exact) mass is 271 g/mol. The molecule has 0 N–H and O–H groups in total. The number of hydrogen-bond donors (Lipinski definition) is 0. The van der Waals surface area contributed by atoms with Crippen LogP contribution in [0.4, 0.5) is 0 Å². The second kappa shape index (κ2) is 8.90. The molecule has 0 spiro atoms. The Labute approximate surface area is 104 Å². The van der Waals surface area contributed by atoms with Crippen molar-refractivity contribution in [3.8, 4) is 0 Å². The molecule has 1 rings (SSSR count). The summed E-state index contributed by atoms with van der Waals surface area (Å²) in [6, 6.07) is 6.28. The molecule has 1 aromatic heterocycles. The summed E-state index contributed by atoms with van der Waals surface area (Å²) in [7, 11) is 0. The Morgan fingerprint density at radius 2 is 1.73 bits per heavy atom. The first-order chi connectivity index (χ1) is 6.86. The molecule has 0 radical (unpaired) electrons. The molecule has 0 aliphatic carbocycles. The van der Waals surface area contributed by atoms with Gasteiger partial charge in [-0.25, -0.2) is 4.57 Å². The van der Waals surface area contributed by atoms with Crippen LogP contribution in [0.3, 0.4) is 0 Å². The van der Waals surface area contributed by atoms with Gasteiger partial charge >= 0.3 is 0 Å². The van der Waals surface area contributed by atoms with E-state index < -0.39 is 0 Å². The van der Waals surface area contributed by atoms with Crippen LogP contribution in [0.25, 0.3) is 0 Å². The molecule has 0 saturated heterocycles. The molecule has 0 saturated carbocycles. The van der Waals surface area contributed by atoms with E-state index in [1.807, 2.05) is 0 Å². The number of aromatic nitrogens is 1. The SMILES string of the molecule is CCCCC(CC)C[n+]1ccccc1.[Br-]. The maximum atomic E-state index is 2.30. The highest BCUT2D eigenvalue weighted by atomic mass is 79.9. The number of pyridine rings is 1. The maximum Gasteiger partial charge on any atom is 0.168 e. The molecular formula is C13H22BrN. The van der Waals surface area contributed by atoms with Crippen LogP contribution >= 0.6 is 0 Å². The predicted molar refractivity (Wildman–Crippen MR) is 59.9 cm³/mol. The van der Waals surface area contributed by atoms with Crippen molar-refractivity contribution in [2.45, 2.75) is 46.1 Å². The smallest absolute Gasteiger partial charge is 0.168 e. The third-order valence-electron chi connectivity index (χ3n) is 2.79. The third kappa shape index (κ3) is 5.93. The van der Waals surface area contributed by atoms with Crippen LogP contribution < -0.4 is 21.5 Å². The van der Waals surface area contributed by atoms with Crippen LogP contribution in [0.2, 0.25) is 0 Å². The van der Waals surface area contributed by atoms with Gasteiger partial charge < -0.3 is 17.0 Å². The highest BCUT2D eigenvalue weighted by Crippen LogP contribution is 2.12. The molecule has 15 heavy (non-hydrogen) atoms. The highest BCUT2D eigenvalue weighted by Gasteiger charge is 2.10. The predicted octanol–water partition coefficient (Wildman–Crippen LogP) is 0.195. The number of halogens is 1. The van der Waals surface area contributed by atoms with E-state index in [9.17, 15) is 0 Å². The molecule has 1 heterocycles. The lowest BCUT2D eigenvalue weighted by molar-refractivity contribution is -0.703. The standard InChI is InChI=1S/C13H22N.BrH/c1-3-5-9-13(4-2)12-14-10-7-6-8-11-14;/h6-8,10-11,13H,3-5,9,12H2,1-2H3;1H/q+1;/p-1. The van der Waals surface area contributed by atoms with Crippen molar-refractivity contribution in [2.24, 2.45) is 5.92 Å². The normalized spacial score (nSPS) is 11.9. The summed E-state index contributed by atoms with van der Waals surface area (Å²) in [5, 5.41) is 0. The molecule has 0 aromatic carbocycles. The van der Waals surface area contributed by atoms with Gasteiger partial charge in [-0.15, -0.1) is 0 Å². The summed E-state index contributed by atoms with van der Waals surface area (Å²) in [5.74, 6) is 0.849. The lowest BCUT2D eigenvalue weighted by atomic mass is 9.99. The van der Waals surface area contributed by atoms with Gasteiger partial charge in [0.15, 0.2) is 18.9 Å². The number of unbranched alkanes of at least 4 members (excludes halogenated alkanes) is 1. The van der Waals surface area contributed by atoms with E-state index in [4.69, 9.17) is 0 Å². The zero-order chi connectivity index (χ0) is 10.2. The molecule has 0 bridgehead atoms. The quantitative estimate of drug-likeness (QED) is 0.651. The van der Waals surface area contributed by atoms with Gasteiger partial charge in [-0.1, -0.05) is 32.8 Å². The van der Waals surface area contributed by atoms with Crippen LogP contribution in [-0.2, 0) is 6.54 Å². The average Bonchev–Trinajstić information content (AvgIpc) is 2.25. The minimum atomic E-state index is 0. The molecule has 1 unspecified atom stereocenters. The first-order valence-corrected chi connectivity index (χ1v) is 5.80. The highest BCUT2D eigenvalue weighted by molar-refractivity contribution is 4.83. The Morgan fingerprint density at radius 1 is 1.07 bits per heavy atom. The lowest BCUT2D eigenvalue weighted by Gasteiger charge is -2.10. The van der Waals surface area contributed by atoms with Crippen LogP contribution in [-0.4, -0.2) is 0 Å². The molecule has 2 heteroatoms. The van der Waals surface area contributed by atoms with E-state index in [2.05, 4.69) is 49.0 Å². The summed E-state index contributed by atoms with van der Waals surface area (Å²) in [5.41, 5.74) is 0. The van der Waals surface area contributed by atoms with Crippen molar-refractivity contribution in [1.82, 2.24) is 0 Å². The van der Waals surface area contributed by atoms with Gasteiger partial charge in [0.1, 0.15) is 0 Å².